The molecule has 0 aliphatic heterocycles. The molecule has 2 aromatic heterocycles. The molecular weight excluding hydrogens is 226 g/mol. The molecule has 0 atom stereocenters. The van der Waals surface area contributed by atoms with Crippen molar-refractivity contribution >= 4 is 0 Å². The fraction of sp³-hybridized carbons (Fsp3) is 0.286. The van der Waals surface area contributed by atoms with Gasteiger partial charge in [0.15, 0.2) is 0 Å². The molecule has 4 heteroatoms. The topological polar surface area (TPSA) is 47.0 Å². The average molecular weight is 243 g/mol. The second-order valence-electron chi connectivity index (χ2n) is 3.88. The van der Waals surface area contributed by atoms with E-state index in [1.807, 2.05) is 30.3 Å². The Morgan fingerprint density at radius 2 is 2.06 bits per heavy atom. The second kappa shape index (κ2) is 6.71. The van der Waals surface area contributed by atoms with Gasteiger partial charge in [-0.1, -0.05) is 13.0 Å². The predicted molar refractivity (Wildman–Crippen MR) is 70.2 cm³/mol. The Kier molecular flexibility index (Phi) is 4.67. The summed E-state index contributed by atoms with van der Waals surface area (Å²) >= 11 is 0. The van der Waals surface area contributed by atoms with E-state index in [1.165, 1.54) is 0 Å². The van der Waals surface area contributed by atoms with Gasteiger partial charge in [0, 0.05) is 12.7 Å². The van der Waals surface area contributed by atoms with Crippen molar-refractivity contribution in [1.29, 1.82) is 0 Å². The molecule has 2 aromatic rings. The summed E-state index contributed by atoms with van der Waals surface area (Å²) in [6.07, 6.45) is 3.42. The van der Waals surface area contributed by atoms with Gasteiger partial charge in [0.1, 0.15) is 12.4 Å². The number of hydrogen-bond donors (Lipinski definition) is 1. The Balaban J connectivity index is 1.93. The van der Waals surface area contributed by atoms with Crippen molar-refractivity contribution in [3.8, 4) is 5.75 Å². The lowest BCUT2D eigenvalue weighted by Crippen LogP contribution is -2.13. The van der Waals surface area contributed by atoms with Crippen LogP contribution in [-0.2, 0) is 13.2 Å². The number of pyridine rings is 2. The first-order valence-corrected chi connectivity index (χ1v) is 6.07. The molecule has 0 radical (unpaired) electrons. The van der Waals surface area contributed by atoms with Crippen molar-refractivity contribution in [1.82, 2.24) is 15.3 Å². The van der Waals surface area contributed by atoms with Crippen LogP contribution in [0.2, 0.25) is 0 Å². The molecule has 0 spiro atoms. The minimum Gasteiger partial charge on any atom is -0.486 e. The van der Waals surface area contributed by atoms with Crippen LogP contribution in [0.25, 0.3) is 0 Å². The molecule has 0 amide bonds. The lowest BCUT2D eigenvalue weighted by Gasteiger charge is -2.07. The molecule has 0 bridgehead atoms. The molecule has 4 nitrogen and oxygen atoms in total. The van der Waals surface area contributed by atoms with Gasteiger partial charge < -0.3 is 10.1 Å². The van der Waals surface area contributed by atoms with Crippen LogP contribution in [0.1, 0.15) is 18.3 Å². The van der Waals surface area contributed by atoms with Gasteiger partial charge >= 0.3 is 0 Å². The van der Waals surface area contributed by atoms with Crippen LogP contribution in [0, 0.1) is 0 Å². The molecule has 0 saturated heterocycles. The minimum absolute atomic E-state index is 0.464. The van der Waals surface area contributed by atoms with Crippen molar-refractivity contribution in [3.63, 3.8) is 0 Å². The first-order valence-electron chi connectivity index (χ1n) is 6.07. The van der Waals surface area contributed by atoms with Crippen molar-refractivity contribution < 1.29 is 4.74 Å². The van der Waals surface area contributed by atoms with E-state index in [-0.39, 0.29) is 0 Å². The highest BCUT2D eigenvalue weighted by Gasteiger charge is 1.99. The zero-order valence-corrected chi connectivity index (χ0v) is 10.5. The molecule has 18 heavy (non-hydrogen) atoms. The first kappa shape index (κ1) is 12.5. The van der Waals surface area contributed by atoms with E-state index in [0.717, 1.165) is 30.2 Å². The van der Waals surface area contributed by atoms with Crippen molar-refractivity contribution in [2.24, 2.45) is 0 Å². The summed E-state index contributed by atoms with van der Waals surface area (Å²) in [5.74, 6) is 0.761. The van der Waals surface area contributed by atoms with Gasteiger partial charge in [0.2, 0.25) is 0 Å². The maximum atomic E-state index is 5.61. The lowest BCUT2D eigenvalue weighted by molar-refractivity contribution is 0.299. The molecule has 0 unspecified atom stereocenters. The summed E-state index contributed by atoms with van der Waals surface area (Å²) in [5.41, 5.74) is 1.96. The van der Waals surface area contributed by atoms with E-state index in [4.69, 9.17) is 4.74 Å². The predicted octanol–water partition coefficient (Wildman–Crippen LogP) is 2.17. The number of nitrogens with one attached hydrogen (secondary N) is 1. The van der Waals surface area contributed by atoms with Gasteiger partial charge in [-0.05, 0) is 30.8 Å². The largest absolute Gasteiger partial charge is 0.486 e. The highest BCUT2D eigenvalue weighted by molar-refractivity contribution is 5.17. The Labute approximate surface area is 107 Å². The number of aromatic nitrogens is 2. The van der Waals surface area contributed by atoms with Crippen molar-refractivity contribution in [2.75, 3.05) is 6.54 Å². The van der Waals surface area contributed by atoms with E-state index >= 15 is 0 Å². The van der Waals surface area contributed by atoms with E-state index in [9.17, 15) is 0 Å². The van der Waals surface area contributed by atoms with E-state index in [2.05, 4.69) is 22.2 Å². The number of hydrogen-bond acceptors (Lipinski definition) is 4. The Morgan fingerprint density at radius 3 is 2.83 bits per heavy atom. The van der Waals surface area contributed by atoms with Crippen LogP contribution < -0.4 is 10.1 Å². The summed E-state index contributed by atoms with van der Waals surface area (Å²) in [6, 6.07) is 9.71. The monoisotopic (exact) mass is 243 g/mol. The third kappa shape index (κ3) is 3.82. The summed E-state index contributed by atoms with van der Waals surface area (Å²) < 4.78 is 5.61. The molecule has 0 saturated carbocycles. The minimum atomic E-state index is 0.464. The molecule has 94 valence electrons. The highest BCUT2D eigenvalue weighted by atomic mass is 16.5. The van der Waals surface area contributed by atoms with Gasteiger partial charge in [0.25, 0.3) is 0 Å². The normalized spacial score (nSPS) is 10.3. The first-order chi connectivity index (χ1) is 8.88. The van der Waals surface area contributed by atoms with Gasteiger partial charge in [-0.2, -0.15) is 0 Å². The lowest BCUT2D eigenvalue weighted by atomic mass is 10.3. The standard InChI is InChI=1S/C14H17N3O/c1-2-15-9-12-5-3-6-13(17-12)11-18-14-7-4-8-16-10-14/h3-8,10,15H,2,9,11H2,1H3. The van der Waals surface area contributed by atoms with Gasteiger partial charge in [-0.25, -0.2) is 0 Å². The highest BCUT2D eigenvalue weighted by Crippen LogP contribution is 2.09. The van der Waals surface area contributed by atoms with E-state index in [1.54, 1.807) is 12.4 Å². The number of rotatable bonds is 6. The van der Waals surface area contributed by atoms with Gasteiger partial charge in [-0.15, -0.1) is 0 Å². The van der Waals surface area contributed by atoms with Crippen LogP contribution in [0.3, 0.4) is 0 Å². The van der Waals surface area contributed by atoms with E-state index < -0.39 is 0 Å². The molecule has 2 heterocycles. The van der Waals surface area contributed by atoms with Gasteiger partial charge in [0.05, 0.1) is 17.6 Å². The van der Waals surface area contributed by atoms with Crippen molar-refractivity contribution in [3.05, 3.63) is 54.1 Å². The summed E-state index contributed by atoms with van der Waals surface area (Å²) in [5, 5.41) is 3.25. The zero-order valence-electron chi connectivity index (χ0n) is 10.5. The fourth-order valence-corrected chi connectivity index (χ4v) is 1.55. The molecule has 1 N–H and O–H groups in total. The molecule has 0 aliphatic carbocycles. The van der Waals surface area contributed by atoms with Crippen LogP contribution in [0.5, 0.6) is 5.75 Å². The Morgan fingerprint density at radius 1 is 1.17 bits per heavy atom. The summed E-state index contributed by atoms with van der Waals surface area (Å²) in [6.45, 7) is 4.27. The smallest absolute Gasteiger partial charge is 0.138 e. The summed E-state index contributed by atoms with van der Waals surface area (Å²) in [4.78, 5) is 8.52. The van der Waals surface area contributed by atoms with Gasteiger partial charge in [-0.3, -0.25) is 9.97 Å². The number of ether oxygens (including phenoxy) is 1. The Bertz CT molecular complexity index is 473. The molecular formula is C14H17N3O. The number of nitrogens with zero attached hydrogens (tertiary/aromatic N) is 2. The van der Waals surface area contributed by atoms with Crippen LogP contribution >= 0.6 is 0 Å². The second-order valence-corrected chi connectivity index (χ2v) is 3.88. The van der Waals surface area contributed by atoms with Crippen LogP contribution in [-0.4, -0.2) is 16.5 Å². The maximum absolute atomic E-state index is 5.61. The average Bonchev–Trinajstić information content (AvgIpc) is 2.44. The molecule has 0 aromatic carbocycles. The fourth-order valence-electron chi connectivity index (χ4n) is 1.55. The molecule has 0 aliphatic rings. The summed E-state index contributed by atoms with van der Waals surface area (Å²) in [7, 11) is 0. The third-order valence-corrected chi connectivity index (χ3v) is 2.44. The third-order valence-electron chi connectivity index (χ3n) is 2.44. The molecule has 0 fully saturated rings. The zero-order chi connectivity index (χ0) is 12.6. The molecule has 2 rings (SSSR count). The quantitative estimate of drug-likeness (QED) is 0.844. The van der Waals surface area contributed by atoms with Crippen LogP contribution in [0.4, 0.5) is 0 Å². The van der Waals surface area contributed by atoms with Crippen molar-refractivity contribution in [2.45, 2.75) is 20.1 Å². The maximum Gasteiger partial charge on any atom is 0.138 e. The SMILES string of the molecule is CCNCc1cccc(COc2cccnc2)n1. The van der Waals surface area contributed by atoms with E-state index in [0.29, 0.717) is 6.61 Å². The van der Waals surface area contributed by atoms with Crippen LogP contribution in [0.15, 0.2) is 42.7 Å². The Hall–Kier alpha value is -1.94.